The Labute approximate surface area is 299 Å². The van der Waals surface area contributed by atoms with E-state index in [2.05, 4.69) is 63.7 Å². The van der Waals surface area contributed by atoms with Gasteiger partial charge in [0.15, 0.2) is 11.2 Å². The molecule has 2 amide bonds. The Balaban J connectivity index is 1.33. The molecular weight excluding hydrogens is 674 g/mol. The van der Waals surface area contributed by atoms with Gasteiger partial charge in [0.1, 0.15) is 11.9 Å². The number of carbonyl (C=O) groups excluding carboxylic acids is 2. The number of anilines is 2. The predicted octanol–water partition coefficient (Wildman–Crippen LogP) is -2.78. The lowest BCUT2D eigenvalue weighted by Gasteiger charge is -2.26. The molecule has 1 aliphatic rings. The van der Waals surface area contributed by atoms with E-state index in [-0.39, 0.29) is 54.5 Å². The van der Waals surface area contributed by atoms with Crippen LogP contribution < -0.4 is 60.0 Å². The summed E-state index contributed by atoms with van der Waals surface area (Å²) < 4.78 is 0. The molecule has 1 aliphatic heterocycles. The molecular formula is C32H47N15O5. The molecule has 0 saturated carbocycles. The van der Waals surface area contributed by atoms with Gasteiger partial charge in [-0.25, -0.2) is 14.8 Å². The fourth-order valence-electron chi connectivity index (χ4n) is 5.08. The third-order valence-electron chi connectivity index (χ3n) is 7.80. The zero-order chi connectivity index (χ0) is 37.5. The highest BCUT2D eigenvalue weighted by Crippen LogP contribution is 2.13. The van der Waals surface area contributed by atoms with Gasteiger partial charge < -0.3 is 64.4 Å². The number of nitrogens with zero attached hydrogens (tertiary/aromatic N) is 4. The summed E-state index contributed by atoms with van der Waals surface area (Å²) in [5.41, 5.74) is 19.0. The number of hydrogen-bond donors (Lipinski definition) is 12. The molecule has 52 heavy (non-hydrogen) atoms. The summed E-state index contributed by atoms with van der Waals surface area (Å²) in [5.74, 6) is -0.943. The molecule has 20 nitrogen and oxygen atoms in total. The number of carboxylic acids is 1. The van der Waals surface area contributed by atoms with Crippen molar-refractivity contribution in [2.45, 2.75) is 25.4 Å². The number of nitrogens with one attached hydrogen (secondary N) is 8. The molecule has 4 rings (SSSR count). The summed E-state index contributed by atoms with van der Waals surface area (Å²) in [4.78, 5) is 67.0. The zero-order valence-electron chi connectivity index (χ0n) is 28.8. The van der Waals surface area contributed by atoms with Crippen LogP contribution in [0.5, 0.6) is 0 Å². The first-order valence-electron chi connectivity index (χ1n) is 16.7. The summed E-state index contributed by atoms with van der Waals surface area (Å²) in [5, 5.41) is 31.5. The standard InChI is InChI=1S/C32H47N15O5/c1-19-37-10-12-39-27(40-13-11-38-19)23(34)18-47(15-14-36-9-8-33)25(48)7-6-24(31(51)52)44-29(49)20-2-4-21(5-3-20)41-16-22-17-42-28-26(43-22)30(50)46-32(35)45-28/h2-5,17,24,36-41H,1,6-16,18,33-34H2,(H,44,49)(H,51,52)(H3,35,42,45,46,50). The Bertz CT molecular complexity index is 1780. The first-order valence-corrected chi connectivity index (χ1v) is 16.7. The van der Waals surface area contributed by atoms with E-state index in [9.17, 15) is 24.3 Å². The van der Waals surface area contributed by atoms with Gasteiger partial charge in [0, 0.05) is 70.0 Å². The highest BCUT2D eigenvalue weighted by atomic mass is 16.4. The van der Waals surface area contributed by atoms with Crippen LogP contribution in [0.2, 0.25) is 0 Å². The number of nitrogens with two attached hydrogens (primary N) is 3. The summed E-state index contributed by atoms with van der Waals surface area (Å²) in [6, 6.07) is 5.01. The molecule has 280 valence electrons. The highest BCUT2D eigenvalue weighted by molar-refractivity contribution is 5.97. The first-order chi connectivity index (χ1) is 25.0. The topological polar surface area (TPSA) is 308 Å². The van der Waals surface area contributed by atoms with Crippen molar-refractivity contribution < 1.29 is 19.5 Å². The molecule has 0 radical (unpaired) electrons. The van der Waals surface area contributed by atoms with E-state index in [0.717, 1.165) is 5.82 Å². The van der Waals surface area contributed by atoms with Crippen molar-refractivity contribution in [3.63, 3.8) is 0 Å². The normalized spacial score (nSPS) is 13.8. The highest BCUT2D eigenvalue weighted by Gasteiger charge is 2.24. The van der Waals surface area contributed by atoms with Gasteiger partial charge in [0.2, 0.25) is 11.9 Å². The van der Waals surface area contributed by atoms with E-state index in [1.165, 1.54) is 18.3 Å². The van der Waals surface area contributed by atoms with Crippen LogP contribution in [0.25, 0.3) is 11.2 Å². The number of aromatic amines is 1. The molecule has 1 unspecified atom stereocenters. The number of rotatable bonds is 16. The number of aliphatic carboxylic acids is 1. The smallest absolute Gasteiger partial charge is 0.326 e. The number of nitrogen functional groups attached to an aromatic ring is 1. The van der Waals surface area contributed by atoms with Gasteiger partial charge in [0.25, 0.3) is 11.5 Å². The monoisotopic (exact) mass is 721 g/mol. The van der Waals surface area contributed by atoms with E-state index in [4.69, 9.17) is 17.2 Å². The summed E-state index contributed by atoms with van der Waals surface area (Å²) in [6.45, 7) is 8.24. The van der Waals surface area contributed by atoms with Gasteiger partial charge in [-0.15, -0.1) is 0 Å². The Kier molecular flexibility index (Phi) is 14.3. The number of carboxylic acid groups (broad SMARTS) is 1. The van der Waals surface area contributed by atoms with Gasteiger partial charge in [0.05, 0.1) is 36.5 Å². The van der Waals surface area contributed by atoms with Crippen molar-refractivity contribution in [3.05, 3.63) is 76.0 Å². The van der Waals surface area contributed by atoms with E-state index < -0.39 is 23.5 Å². The van der Waals surface area contributed by atoms with Gasteiger partial charge in [-0.2, -0.15) is 4.98 Å². The van der Waals surface area contributed by atoms with Crippen LogP contribution in [0, 0.1) is 0 Å². The average molecular weight is 722 g/mol. The van der Waals surface area contributed by atoms with Gasteiger partial charge in [-0.1, -0.05) is 6.58 Å². The molecule has 20 heteroatoms. The Morgan fingerprint density at radius 2 is 1.71 bits per heavy atom. The first kappa shape index (κ1) is 38.6. The van der Waals surface area contributed by atoms with Crippen molar-refractivity contribution >= 4 is 40.6 Å². The van der Waals surface area contributed by atoms with E-state index >= 15 is 0 Å². The van der Waals surface area contributed by atoms with Crippen LogP contribution in [-0.4, -0.2) is 113 Å². The number of benzene rings is 1. The molecule has 0 spiro atoms. The summed E-state index contributed by atoms with van der Waals surface area (Å²) >= 11 is 0. The molecule has 2 aromatic heterocycles. The van der Waals surface area contributed by atoms with Crippen molar-refractivity contribution in [2.75, 3.05) is 70.0 Å². The van der Waals surface area contributed by atoms with Gasteiger partial charge in [-0.3, -0.25) is 19.4 Å². The minimum Gasteiger partial charge on any atom is -0.480 e. The number of aromatic nitrogens is 4. The van der Waals surface area contributed by atoms with Crippen LogP contribution in [-0.2, 0) is 16.1 Å². The quantitative estimate of drug-likeness (QED) is 0.0666. The fraction of sp³-hybridized carbons (Fsp3) is 0.406. The minimum atomic E-state index is -1.32. The Morgan fingerprint density at radius 1 is 1.02 bits per heavy atom. The van der Waals surface area contributed by atoms with Crippen LogP contribution in [0.15, 0.2) is 59.2 Å². The average Bonchev–Trinajstić information content (AvgIpc) is 3.12. The van der Waals surface area contributed by atoms with Crippen LogP contribution in [0.4, 0.5) is 11.6 Å². The number of H-pyrrole nitrogens is 1. The lowest BCUT2D eigenvalue weighted by Crippen LogP contribution is -2.45. The maximum Gasteiger partial charge on any atom is 0.326 e. The second kappa shape index (κ2) is 19.3. The molecule has 0 aliphatic carbocycles. The van der Waals surface area contributed by atoms with Crippen molar-refractivity contribution in [1.82, 2.24) is 56.7 Å². The van der Waals surface area contributed by atoms with Crippen LogP contribution in [0.3, 0.4) is 0 Å². The maximum atomic E-state index is 13.4. The number of carbonyl (C=O) groups is 3. The molecule has 1 atom stereocenters. The summed E-state index contributed by atoms with van der Waals surface area (Å²) in [6.07, 6.45) is 1.18. The third-order valence-corrected chi connectivity index (χ3v) is 7.80. The number of amides is 2. The molecule has 15 N–H and O–H groups in total. The lowest BCUT2D eigenvalue weighted by molar-refractivity contribution is -0.139. The summed E-state index contributed by atoms with van der Waals surface area (Å²) in [7, 11) is 0. The second-order valence-corrected chi connectivity index (χ2v) is 11.8. The van der Waals surface area contributed by atoms with E-state index in [1.54, 1.807) is 17.0 Å². The lowest BCUT2D eigenvalue weighted by atomic mass is 10.1. The molecule has 0 bridgehead atoms. The minimum absolute atomic E-state index is 0.0533. The van der Waals surface area contributed by atoms with E-state index in [0.29, 0.717) is 75.3 Å². The van der Waals surface area contributed by atoms with Gasteiger partial charge >= 0.3 is 5.97 Å². The SMILES string of the molecule is C=C1NCCNC(=C(N)CN(CCNCCN)C(=O)CCC(NC(=O)c2ccc(NCc3cnc4nc(N)[nH]c(=O)c4n3)cc2)C(=O)O)NCCN1. The third kappa shape index (κ3) is 11.7. The second-order valence-electron chi connectivity index (χ2n) is 11.8. The van der Waals surface area contributed by atoms with E-state index in [1.807, 2.05) is 0 Å². The molecule has 1 fully saturated rings. The van der Waals surface area contributed by atoms with Crippen molar-refractivity contribution in [1.29, 1.82) is 0 Å². The molecule has 3 heterocycles. The largest absolute Gasteiger partial charge is 0.480 e. The van der Waals surface area contributed by atoms with Crippen LogP contribution >= 0.6 is 0 Å². The Morgan fingerprint density at radius 3 is 2.38 bits per heavy atom. The predicted molar refractivity (Wildman–Crippen MR) is 195 cm³/mol. The Hall–Kier alpha value is -6.15. The maximum absolute atomic E-state index is 13.4. The van der Waals surface area contributed by atoms with Crippen LogP contribution in [0.1, 0.15) is 28.9 Å². The van der Waals surface area contributed by atoms with Gasteiger partial charge in [-0.05, 0) is 30.7 Å². The number of hydrogen-bond acceptors (Lipinski definition) is 16. The number of fused-ring (bicyclic) bond motifs is 1. The van der Waals surface area contributed by atoms with Crippen molar-refractivity contribution in [3.8, 4) is 0 Å². The van der Waals surface area contributed by atoms with Crippen molar-refractivity contribution in [2.24, 2.45) is 11.5 Å². The zero-order valence-corrected chi connectivity index (χ0v) is 28.8. The molecule has 1 saturated heterocycles. The molecule has 1 aromatic carbocycles. The fourth-order valence-corrected chi connectivity index (χ4v) is 5.08. The molecule has 3 aromatic rings.